The summed E-state index contributed by atoms with van der Waals surface area (Å²) in [5.74, 6) is -0.332. The molecule has 0 N–H and O–H groups in total. The molecule has 0 spiro atoms. The molecule has 0 aliphatic rings. The summed E-state index contributed by atoms with van der Waals surface area (Å²) in [6.07, 6.45) is 3.64. The van der Waals surface area contributed by atoms with Crippen molar-refractivity contribution in [3.8, 4) is 0 Å². The number of carbonyl (C=O) groups excluding carboxylic acids is 1. The minimum atomic E-state index is -0.469. The first-order chi connectivity index (χ1) is 14.0. The topological polar surface area (TPSA) is 63.2 Å². The van der Waals surface area contributed by atoms with Crippen LogP contribution in [0.3, 0.4) is 0 Å². The second-order valence-corrected chi connectivity index (χ2v) is 7.82. The molecule has 0 heterocycles. The number of hydrogen-bond acceptors (Lipinski definition) is 6. The average molecular weight is 411 g/mol. The lowest BCUT2D eigenvalue weighted by Crippen LogP contribution is -2.26. The monoisotopic (exact) mass is 410 g/mol. The van der Waals surface area contributed by atoms with E-state index in [0.717, 1.165) is 45.5 Å². The van der Waals surface area contributed by atoms with Gasteiger partial charge in [-0.25, -0.2) is 4.79 Å². The molecule has 0 fully saturated rings. The maximum Gasteiger partial charge on any atom is 0.332 e. The van der Waals surface area contributed by atoms with Gasteiger partial charge in [0.15, 0.2) is 0 Å². The van der Waals surface area contributed by atoms with Crippen molar-refractivity contribution in [3.05, 3.63) is 35.9 Å². The van der Waals surface area contributed by atoms with E-state index in [1.54, 1.807) is 0 Å². The lowest BCUT2D eigenvalue weighted by molar-refractivity contribution is -0.160. The van der Waals surface area contributed by atoms with Gasteiger partial charge in [-0.2, -0.15) is 0 Å². The van der Waals surface area contributed by atoms with Gasteiger partial charge in [0.05, 0.1) is 6.61 Å². The van der Waals surface area contributed by atoms with Gasteiger partial charge in [0.25, 0.3) is 0 Å². The molecule has 0 atom stereocenters. The molecule has 0 bridgehead atoms. The molecule has 1 aromatic rings. The Morgan fingerprint density at radius 1 is 0.724 bits per heavy atom. The number of esters is 1. The van der Waals surface area contributed by atoms with E-state index in [9.17, 15) is 4.79 Å². The number of ether oxygens (including phenoxy) is 5. The second-order valence-electron chi connectivity index (χ2n) is 7.82. The second kappa shape index (κ2) is 16.3. The summed E-state index contributed by atoms with van der Waals surface area (Å²) in [7, 11) is 0. The first-order valence-corrected chi connectivity index (χ1v) is 10.5. The lowest BCUT2D eigenvalue weighted by atomic mass is 10.2. The third kappa shape index (κ3) is 17.1. The normalized spacial score (nSPS) is 11.6. The summed E-state index contributed by atoms with van der Waals surface area (Å²) >= 11 is 0. The Bertz CT molecular complexity index is 512. The molecule has 1 rings (SSSR count). The Morgan fingerprint density at radius 2 is 1.24 bits per heavy atom. The van der Waals surface area contributed by atoms with Crippen LogP contribution in [0.15, 0.2) is 30.3 Å². The zero-order valence-electron chi connectivity index (χ0n) is 18.3. The zero-order chi connectivity index (χ0) is 21.2. The molecule has 0 aliphatic carbocycles. The molecule has 0 unspecified atom stereocenters. The van der Waals surface area contributed by atoms with Crippen LogP contribution in [-0.4, -0.2) is 57.8 Å². The summed E-state index contributed by atoms with van der Waals surface area (Å²) in [5, 5.41) is 0. The quantitative estimate of drug-likeness (QED) is 0.284. The number of unbranched alkanes of at least 4 members (excludes halogenated alkanes) is 1. The Kier molecular flexibility index (Phi) is 14.4. The van der Waals surface area contributed by atoms with Crippen LogP contribution in [0.2, 0.25) is 0 Å². The fraction of sp³-hybridized carbons (Fsp3) is 0.696. The Balaban J connectivity index is 1.74. The van der Waals surface area contributed by atoms with Crippen molar-refractivity contribution >= 4 is 5.97 Å². The largest absolute Gasteiger partial charge is 0.458 e. The molecule has 0 aliphatic heterocycles. The SMILES string of the molecule is CC(C)(C)OC(=O)COCCCOCCCCOCCCOCc1ccccc1. The van der Waals surface area contributed by atoms with Gasteiger partial charge in [0.2, 0.25) is 0 Å². The molecule has 0 saturated carbocycles. The van der Waals surface area contributed by atoms with E-state index < -0.39 is 5.60 Å². The van der Waals surface area contributed by atoms with E-state index in [0.29, 0.717) is 26.4 Å². The maximum absolute atomic E-state index is 11.5. The third-order valence-corrected chi connectivity index (χ3v) is 3.73. The van der Waals surface area contributed by atoms with Crippen LogP contribution < -0.4 is 0 Å². The molecule has 0 saturated heterocycles. The van der Waals surface area contributed by atoms with Crippen molar-refractivity contribution < 1.29 is 28.5 Å². The Morgan fingerprint density at radius 3 is 1.83 bits per heavy atom. The van der Waals surface area contributed by atoms with E-state index in [1.807, 2.05) is 39.0 Å². The summed E-state index contributed by atoms with van der Waals surface area (Å²) < 4.78 is 27.2. The van der Waals surface area contributed by atoms with Gasteiger partial charge in [-0.3, -0.25) is 0 Å². The van der Waals surface area contributed by atoms with E-state index >= 15 is 0 Å². The minimum absolute atomic E-state index is 0.00803. The maximum atomic E-state index is 11.5. The molecule has 0 amide bonds. The minimum Gasteiger partial charge on any atom is -0.458 e. The van der Waals surface area contributed by atoms with Crippen LogP contribution in [0.1, 0.15) is 52.0 Å². The van der Waals surface area contributed by atoms with Gasteiger partial charge in [-0.15, -0.1) is 0 Å². The molecule has 0 radical (unpaired) electrons. The van der Waals surface area contributed by atoms with Crippen LogP contribution in [0.4, 0.5) is 0 Å². The molecule has 6 nitrogen and oxygen atoms in total. The fourth-order valence-electron chi connectivity index (χ4n) is 2.43. The van der Waals surface area contributed by atoms with Crippen molar-refractivity contribution in [3.63, 3.8) is 0 Å². The Hall–Kier alpha value is -1.47. The standard InChI is InChI=1S/C23H38O6/c1-23(2,3)29-22(24)20-28-18-10-16-26-14-8-7-13-25-15-9-17-27-19-21-11-5-4-6-12-21/h4-6,11-12H,7-10,13-20H2,1-3H3. The summed E-state index contributed by atoms with van der Waals surface area (Å²) in [6.45, 7) is 10.2. The molecular weight excluding hydrogens is 372 g/mol. The first-order valence-electron chi connectivity index (χ1n) is 10.5. The lowest BCUT2D eigenvalue weighted by Gasteiger charge is -2.19. The predicted octanol–water partition coefficient (Wildman–Crippen LogP) is 4.16. The zero-order valence-corrected chi connectivity index (χ0v) is 18.3. The van der Waals surface area contributed by atoms with Gasteiger partial charge in [-0.05, 0) is 52.0 Å². The Labute approximate surface area is 175 Å². The highest BCUT2D eigenvalue weighted by atomic mass is 16.6. The smallest absolute Gasteiger partial charge is 0.332 e. The number of carbonyl (C=O) groups is 1. The van der Waals surface area contributed by atoms with Crippen LogP contribution >= 0.6 is 0 Å². The highest BCUT2D eigenvalue weighted by molar-refractivity contribution is 5.71. The highest BCUT2D eigenvalue weighted by Gasteiger charge is 2.15. The summed E-state index contributed by atoms with van der Waals surface area (Å²) in [6, 6.07) is 10.2. The summed E-state index contributed by atoms with van der Waals surface area (Å²) in [4.78, 5) is 11.5. The molecule has 1 aromatic carbocycles. The molecular formula is C23H38O6. The molecule has 0 aromatic heterocycles. The number of rotatable bonds is 17. The predicted molar refractivity (Wildman–Crippen MR) is 113 cm³/mol. The van der Waals surface area contributed by atoms with Gasteiger partial charge in [0, 0.05) is 39.6 Å². The van der Waals surface area contributed by atoms with Crippen molar-refractivity contribution in [1.29, 1.82) is 0 Å². The fourth-order valence-corrected chi connectivity index (χ4v) is 2.43. The number of benzene rings is 1. The van der Waals surface area contributed by atoms with Gasteiger partial charge in [-0.1, -0.05) is 30.3 Å². The van der Waals surface area contributed by atoms with Crippen LogP contribution in [0, 0.1) is 0 Å². The number of hydrogen-bond donors (Lipinski definition) is 0. The van der Waals surface area contributed by atoms with E-state index in [-0.39, 0.29) is 12.6 Å². The van der Waals surface area contributed by atoms with Gasteiger partial charge < -0.3 is 23.7 Å². The van der Waals surface area contributed by atoms with E-state index in [2.05, 4.69) is 12.1 Å². The highest BCUT2D eigenvalue weighted by Crippen LogP contribution is 2.06. The van der Waals surface area contributed by atoms with Crippen LogP contribution in [-0.2, 0) is 35.1 Å². The third-order valence-electron chi connectivity index (χ3n) is 3.73. The van der Waals surface area contributed by atoms with Crippen molar-refractivity contribution in [2.45, 2.75) is 58.7 Å². The first kappa shape index (κ1) is 25.6. The van der Waals surface area contributed by atoms with Crippen molar-refractivity contribution in [2.75, 3.05) is 46.2 Å². The van der Waals surface area contributed by atoms with Crippen molar-refractivity contribution in [2.24, 2.45) is 0 Å². The average Bonchev–Trinajstić information content (AvgIpc) is 2.67. The molecule has 29 heavy (non-hydrogen) atoms. The molecule has 166 valence electrons. The van der Waals surface area contributed by atoms with Gasteiger partial charge in [0.1, 0.15) is 12.2 Å². The summed E-state index contributed by atoms with van der Waals surface area (Å²) in [5.41, 5.74) is 0.728. The van der Waals surface area contributed by atoms with Crippen molar-refractivity contribution in [1.82, 2.24) is 0 Å². The van der Waals surface area contributed by atoms with Crippen LogP contribution in [0.5, 0.6) is 0 Å². The van der Waals surface area contributed by atoms with E-state index in [4.69, 9.17) is 23.7 Å². The van der Waals surface area contributed by atoms with Gasteiger partial charge >= 0.3 is 5.97 Å². The molecule has 6 heteroatoms. The van der Waals surface area contributed by atoms with E-state index in [1.165, 1.54) is 5.56 Å². The van der Waals surface area contributed by atoms with Crippen LogP contribution in [0.25, 0.3) is 0 Å².